The summed E-state index contributed by atoms with van der Waals surface area (Å²) in [5.74, 6) is 1.50. The van der Waals surface area contributed by atoms with Gasteiger partial charge in [-0.1, -0.05) is 12.1 Å². The third kappa shape index (κ3) is 4.68. The van der Waals surface area contributed by atoms with E-state index >= 15 is 0 Å². The number of carbonyl (C=O) groups is 1. The van der Waals surface area contributed by atoms with Crippen LogP contribution in [-0.4, -0.2) is 29.1 Å². The van der Waals surface area contributed by atoms with Crippen LogP contribution in [0.3, 0.4) is 0 Å². The summed E-state index contributed by atoms with van der Waals surface area (Å²) in [6.07, 6.45) is 5.13. The Balaban J connectivity index is 1.58. The number of anilines is 3. The van der Waals surface area contributed by atoms with Gasteiger partial charge >= 0.3 is 5.97 Å². The van der Waals surface area contributed by atoms with Crippen molar-refractivity contribution < 1.29 is 9.53 Å². The number of nitrogens with one attached hydrogen (secondary N) is 2. The van der Waals surface area contributed by atoms with E-state index in [4.69, 9.17) is 4.74 Å². The molecule has 0 spiro atoms. The predicted octanol–water partition coefficient (Wildman–Crippen LogP) is 3.67. The van der Waals surface area contributed by atoms with Crippen molar-refractivity contribution in [2.45, 2.75) is 38.6 Å². The number of rotatable bonds is 5. The van der Waals surface area contributed by atoms with Gasteiger partial charge in [-0.25, -0.2) is 9.97 Å². The summed E-state index contributed by atoms with van der Waals surface area (Å²) >= 11 is 0. The van der Waals surface area contributed by atoms with E-state index in [2.05, 4.69) is 39.7 Å². The average Bonchev–Trinajstić information content (AvgIpc) is 2.62. The lowest BCUT2D eigenvalue weighted by molar-refractivity contribution is -0.146. The van der Waals surface area contributed by atoms with Crippen LogP contribution in [0.4, 0.5) is 17.3 Å². The van der Waals surface area contributed by atoms with Gasteiger partial charge < -0.3 is 15.4 Å². The zero-order valence-corrected chi connectivity index (χ0v) is 14.7. The molecule has 0 amide bonds. The monoisotopic (exact) mass is 340 g/mol. The van der Waals surface area contributed by atoms with Crippen molar-refractivity contribution >= 4 is 23.3 Å². The van der Waals surface area contributed by atoms with Gasteiger partial charge in [0.25, 0.3) is 0 Å². The van der Waals surface area contributed by atoms with Crippen LogP contribution in [0, 0.1) is 12.8 Å². The van der Waals surface area contributed by atoms with Gasteiger partial charge in [-0.2, -0.15) is 0 Å². The quantitative estimate of drug-likeness (QED) is 0.809. The van der Waals surface area contributed by atoms with Crippen molar-refractivity contribution in [2.24, 2.45) is 5.92 Å². The summed E-state index contributed by atoms with van der Waals surface area (Å²) in [4.78, 5) is 20.2. The lowest BCUT2D eigenvalue weighted by Gasteiger charge is -2.27. The van der Waals surface area contributed by atoms with Gasteiger partial charge in [-0.15, -0.1) is 0 Å². The normalized spacial score (nSPS) is 19.9. The fourth-order valence-corrected chi connectivity index (χ4v) is 3.22. The number of carbonyl (C=O) groups excluding carboxylic acids is 1. The molecule has 1 fully saturated rings. The Labute approximate surface area is 148 Å². The van der Waals surface area contributed by atoms with E-state index in [9.17, 15) is 4.79 Å². The first-order valence-electron chi connectivity index (χ1n) is 8.64. The van der Waals surface area contributed by atoms with Crippen molar-refractivity contribution in [1.29, 1.82) is 0 Å². The number of hydrogen-bond acceptors (Lipinski definition) is 6. The van der Waals surface area contributed by atoms with E-state index in [1.807, 2.05) is 18.2 Å². The number of aryl methyl sites for hydroxylation is 1. The standard InChI is InChI=1S/C19H24N4O2/c1-13-4-3-5-16(10-13)23-18-11-17(20-12-21-18)22-15-8-6-14(7-9-15)19(24)25-2/h3-5,10-12,14-15H,6-9H2,1-2H3,(H2,20,21,22,23). The van der Waals surface area contributed by atoms with Crippen LogP contribution in [0.5, 0.6) is 0 Å². The van der Waals surface area contributed by atoms with Crippen molar-refractivity contribution in [1.82, 2.24) is 9.97 Å². The summed E-state index contributed by atoms with van der Waals surface area (Å²) in [6, 6.07) is 10.4. The molecule has 1 saturated carbocycles. The molecule has 1 aliphatic carbocycles. The number of benzene rings is 1. The number of ether oxygens (including phenoxy) is 1. The summed E-state index contributed by atoms with van der Waals surface area (Å²) in [5, 5.41) is 6.75. The van der Waals surface area contributed by atoms with Gasteiger partial charge in [0, 0.05) is 17.8 Å². The van der Waals surface area contributed by atoms with Gasteiger partial charge in [0.15, 0.2) is 0 Å². The number of hydrogen-bond donors (Lipinski definition) is 2. The van der Waals surface area contributed by atoms with E-state index in [-0.39, 0.29) is 11.9 Å². The molecule has 25 heavy (non-hydrogen) atoms. The molecule has 1 aromatic heterocycles. The van der Waals surface area contributed by atoms with Gasteiger partial charge in [0.1, 0.15) is 18.0 Å². The summed E-state index contributed by atoms with van der Waals surface area (Å²) < 4.78 is 4.84. The Morgan fingerprint density at radius 1 is 1.12 bits per heavy atom. The second-order valence-electron chi connectivity index (χ2n) is 6.50. The number of aromatic nitrogens is 2. The van der Waals surface area contributed by atoms with Crippen LogP contribution in [-0.2, 0) is 9.53 Å². The number of esters is 1. The Morgan fingerprint density at radius 2 is 1.88 bits per heavy atom. The minimum Gasteiger partial charge on any atom is -0.469 e. The Morgan fingerprint density at radius 3 is 2.60 bits per heavy atom. The highest BCUT2D eigenvalue weighted by molar-refractivity contribution is 5.72. The molecular formula is C19H24N4O2. The van der Waals surface area contributed by atoms with Gasteiger partial charge in [0.2, 0.25) is 0 Å². The lowest BCUT2D eigenvalue weighted by Crippen LogP contribution is -2.30. The molecule has 1 heterocycles. The predicted molar refractivity (Wildman–Crippen MR) is 97.9 cm³/mol. The molecule has 2 aromatic rings. The van der Waals surface area contributed by atoms with Crippen LogP contribution in [0.2, 0.25) is 0 Å². The van der Waals surface area contributed by atoms with Crippen molar-refractivity contribution in [3.05, 3.63) is 42.2 Å². The second kappa shape index (κ2) is 7.96. The Kier molecular flexibility index (Phi) is 5.48. The molecule has 0 saturated heterocycles. The van der Waals surface area contributed by atoms with Crippen LogP contribution < -0.4 is 10.6 Å². The minimum atomic E-state index is -0.0925. The molecule has 6 nitrogen and oxygen atoms in total. The van der Waals surface area contributed by atoms with Crippen LogP contribution in [0.1, 0.15) is 31.2 Å². The molecule has 132 valence electrons. The largest absolute Gasteiger partial charge is 0.469 e. The molecule has 2 N–H and O–H groups in total. The topological polar surface area (TPSA) is 76.1 Å². The van der Waals surface area contributed by atoms with Crippen LogP contribution >= 0.6 is 0 Å². The maximum Gasteiger partial charge on any atom is 0.308 e. The molecule has 6 heteroatoms. The van der Waals surface area contributed by atoms with Crippen LogP contribution in [0.15, 0.2) is 36.7 Å². The van der Waals surface area contributed by atoms with E-state index in [0.29, 0.717) is 6.04 Å². The fraction of sp³-hybridized carbons (Fsp3) is 0.421. The zero-order chi connectivity index (χ0) is 17.6. The molecule has 3 rings (SSSR count). The van der Waals surface area contributed by atoms with Crippen molar-refractivity contribution in [2.75, 3.05) is 17.7 Å². The molecular weight excluding hydrogens is 316 g/mol. The smallest absolute Gasteiger partial charge is 0.308 e. The molecule has 0 bridgehead atoms. The maximum absolute atomic E-state index is 11.6. The van der Waals surface area contributed by atoms with Crippen LogP contribution in [0.25, 0.3) is 0 Å². The first-order chi connectivity index (χ1) is 12.1. The molecule has 0 atom stereocenters. The molecule has 0 unspecified atom stereocenters. The first kappa shape index (κ1) is 17.2. The Hall–Kier alpha value is -2.63. The van der Waals surface area contributed by atoms with Gasteiger partial charge in [-0.05, 0) is 50.3 Å². The third-order valence-corrected chi connectivity index (χ3v) is 4.57. The van der Waals surface area contributed by atoms with Gasteiger partial charge in [0.05, 0.1) is 13.0 Å². The number of nitrogens with zero attached hydrogens (tertiary/aromatic N) is 2. The summed E-state index contributed by atoms with van der Waals surface area (Å²) in [5.41, 5.74) is 2.20. The highest BCUT2D eigenvalue weighted by Gasteiger charge is 2.26. The third-order valence-electron chi connectivity index (χ3n) is 4.57. The van der Waals surface area contributed by atoms with E-state index in [0.717, 1.165) is 43.0 Å². The minimum absolute atomic E-state index is 0.0343. The highest BCUT2D eigenvalue weighted by atomic mass is 16.5. The first-order valence-corrected chi connectivity index (χ1v) is 8.64. The molecule has 0 aliphatic heterocycles. The molecule has 1 aromatic carbocycles. The van der Waals surface area contributed by atoms with E-state index in [1.165, 1.54) is 12.7 Å². The van der Waals surface area contributed by atoms with Gasteiger partial charge in [-0.3, -0.25) is 4.79 Å². The average molecular weight is 340 g/mol. The van der Waals surface area contributed by atoms with E-state index in [1.54, 1.807) is 6.33 Å². The molecule has 1 aliphatic rings. The van der Waals surface area contributed by atoms with E-state index < -0.39 is 0 Å². The SMILES string of the molecule is COC(=O)C1CCC(Nc2cc(Nc3cccc(C)c3)ncn2)CC1. The molecule has 0 radical (unpaired) electrons. The summed E-state index contributed by atoms with van der Waals surface area (Å²) in [7, 11) is 1.45. The fourth-order valence-electron chi connectivity index (χ4n) is 3.22. The number of methoxy groups -OCH3 is 1. The van der Waals surface area contributed by atoms with Crippen molar-refractivity contribution in [3.63, 3.8) is 0 Å². The van der Waals surface area contributed by atoms with Crippen molar-refractivity contribution in [3.8, 4) is 0 Å². The highest BCUT2D eigenvalue weighted by Crippen LogP contribution is 2.27. The summed E-state index contributed by atoms with van der Waals surface area (Å²) in [6.45, 7) is 2.06. The zero-order valence-electron chi connectivity index (χ0n) is 14.7. The lowest BCUT2D eigenvalue weighted by atomic mass is 9.86. The second-order valence-corrected chi connectivity index (χ2v) is 6.50. The maximum atomic E-state index is 11.6. The Bertz CT molecular complexity index is 727.